The topological polar surface area (TPSA) is 49.4 Å². The fourth-order valence-corrected chi connectivity index (χ4v) is 3.86. The van der Waals surface area contributed by atoms with Crippen molar-refractivity contribution < 1.29 is 9.59 Å². The summed E-state index contributed by atoms with van der Waals surface area (Å²) in [5.41, 5.74) is 2.20. The number of rotatable bonds is 7. The maximum Gasteiger partial charge on any atom is 0.266 e. The Balaban J connectivity index is 1.51. The summed E-state index contributed by atoms with van der Waals surface area (Å²) >= 11 is 6.49. The van der Waals surface area contributed by atoms with Gasteiger partial charge in [0.15, 0.2) is 0 Å². The molecule has 1 saturated heterocycles. The summed E-state index contributed by atoms with van der Waals surface area (Å²) in [6.45, 7) is 0.465. The molecule has 1 aliphatic heterocycles. The van der Waals surface area contributed by atoms with Crippen molar-refractivity contribution in [3.63, 3.8) is 0 Å². The third kappa shape index (κ3) is 5.65. The van der Waals surface area contributed by atoms with Gasteiger partial charge in [-0.2, -0.15) is 0 Å². The maximum atomic E-state index is 12.5. The van der Waals surface area contributed by atoms with Gasteiger partial charge in [-0.1, -0.05) is 96.8 Å². The highest BCUT2D eigenvalue weighted by molar-refractivity contribution is 8.26. The molecule has 0 spiro atoms. The molecule has 6 heteroatoms. The fraction of sp³-hybridized carbons (Fsp3) is 0.136. The van der Waals surface area contributed by atoms with Gasteiger partial charge in [-0.15, -0.1) is 0 Å². The highest BCUT2D eigenvalue weighted by Crippen LogP contribution is 2.30. The van der Waals surface area contributed by atoms with Crippen LogP contribution in [-0.2, 0) is 16.0 Å². The number of thioether (sulfide) groups is 1. The minimum Gasteiger partial charge on any atom is -0.354 e. The average Bonchev–Trinajstić information content (AvgIpc) is 2.97. The van der Waals surface area contributed by atoms with E-state index in [1.54, 1.807) is 6.08 Å². The summed E-state index contributed by atoms with van der Waals surface area (Å²) in [5.74, 6) is -0.445. The standard InChI is InChI=1S/C22H20N2O2S2/c25-20(23-15-14-18-10-5-2-6-11-18)16-24-21(26)19(28-22(24)27)13-7-12-17-8-3-1-4-9-17/h1-13H,14-16H2,(H,23,25)/b12-7+,19-13-. The molecule has 0 aliphatic carbocycles. The van der Waals surface area contributed by atoms with Gasteiger partial charge in [0.1, 0.15) is 10.9 Å². The van der Waals surface area contributed by atoms with Crippen molar-refractivity contribution in [1.29, 1.82) is 0 Å². The molecule has 1 fully saturated rings. The number of carbonyl (C=O) groups is 2. The number of nitrogens with zero attached hydrogens (tertiary/aromatic N) is 1. The molecule has 1 heterocycles. The van der Waals surface area contributed by atoms with Crippen LogP contribution in [-0.4, -0.2) is 34.1 Å². The lowest BCUT2D eigenvalue weighted by atomic mass is 10.1. The summed E-state index contributed by atoms with van der Waals surface area (Å²) in [5, 5.41) is 2.84. The smallest absolute Gasteiger partial charge is 0.266 e. The number of amides is 2. The number of hydrogen-bond acceptors (Lipinski definition) is 4. The van der Waals surface area contributed by atoms with Gasteiger partial charge < -0.3 is 5.32 Å². The molecule has 3 rings (SSSR count). The van der Waals surface area contributed by atoms with E-state index in [4.69, 9.17) is 12.2 Å². The van der Waals surface area contributed by atoms with Crippen LogP contribution in [0.2, 0.25) is 0 Å². The maximum absolute atomic E-state index is 12.5. The molecule has 0 bridgehead atoms. The molecule has 0 atom stereocenters. The molecule has 1 N–H and O–H groups in total. The van der Waals surface area contributed by atoms with Crippen molar-refractivity contribution >= 4 is 46.2 Å². The van der Waals surface area contributed by atoms with E-state index in [0.29, 0.717) is 15.8 Å². The molecule has 0 unspecified atom stereocenters. The molecule has 2 amide bonds. The third-order valence-corrected chi connectivity index (χ3v) is 5.49. The van der Waals surface area contributed by atoms with Crippen LogP contribution in [0, 0.1) is 0 Å². The highest BCUT2D eigenvalue weighted by Gasteiger charge is 2.32. The second-order valence-electron chi connectivity index (χ2n) is 6.15. The lowest BCUT2D eigenvalue weighted by Gasteiger charge is -2.14. The van der Waals surface area contributed by atoms with Crippen molar-refractivity contribution in [2.75, 3.05) is 13.1 Å². The first-order valence-electron chi connectivity index (χ1n) is 8.91. The summed E-state index contributed by atoms with van der Waals surface area (Å²) in [7, 11) is 0. The second kappa shape index (κ2) is 10.0. The van der Waals surface area contributed by atoms with Gasteiger partial charge in [0.2, 0.25) is 5.91 Å². The first-order chi connectivity index (χ1) is 13.6. The number of thiocarbonyl (C=S) groups is 1. The van der Waals surface area contributed by atoms with E-state index in [1.165, 1.54) is 16.7 Å². The van der Waals surface area contributed by atoms with Crippen LogP contribution in [0.25, 0.3) is 6.08 Å². The van der Waals surface area contributed by atoms with Gasteiger partial charge >= 0.3 is 0 Å². The normalized spacial score (nSPS) is 15.6. The molecule has 28 heavy (non-hydrogen) atoms. The van der Waals surface area contributed by atoms with Crippen LogP contribution < -0.4 is 5.32 Å². The zero-order valence-electron chi connectivity index (χ0n) is 15.2. The Hall–Kier alpha value is -2.70. The van der Waals surface area contributed by atoms with Crippen LogP contribution in [0.4, 0.5) is 0 Å². The number of allylic oxidation sites excluding steroid dienone is 2. The van der Waals surface area contributed by atoms with E-state index in [9.17, 15) is 9.59 Å². The minimum absolute atomic E-state index is 0.0564. The Bertz CT molecular complexity index is 909. The quantitative estimate of drug-likeness (QED) is 0.559. The van der Waals surface area contributed by atoms with Gasteiger partial charge in [-0.05, 0) is 23.6 Å². The summed E-state index contributed by atoms with van der Waals surface area (Å²) < 4.78 is 0.405. The average molecular weight is 409 g/mol. The van der Waals surface area contributed by atoms with E-state index >= 15 is 0 Å². The molecule has 4 nitrogen and oxygen atoms in total. The third-order valence-electron chi connectivity index (χ3n) is 4.09. The number of carbonyl (C=O) groups excluding carboxylic acids is 2. The van der Waals surface area contributed by atoms with E-state index in [-0.39, 0.29) is 18.4 Å². The molecular weight excluding hydrogens is 388 g/mol. The summed E-state index contributed by atoms with van der Waals surface area (Å²) in [6, 6.07) is 19.7. The van der Waals surface area contributed by atoms with Gasteiger partial charge in [0, 0.05) is 6.54 Å². The first kappa shape index (κ1) is 20.0. The van der Waals surface area contributed by atoms with Crippen LogP contribution in [0.3, 0.4) is 0 Å². The zero-order valence-corrected chi connectivity index (χ0v) is 16.8. The number of hydrogen-bond donors (Lipinski definition) is 1. The SMILES string of the molecule is O=C(CN1C(=O)/C(=C/C=C/c2ccccc2)SC1=S)NCCc1ccccc1. The molecule has 0 aromatic heterocycles. The van der Waals surface area contributed by atoms with Crippen molar-refractivity contribution in [3.05, 3.63) is 88.8 Å². The fourth-order valence-electron chi connectivity index (χ4n) is 2.65. The Morgan fingerprint density at radius 3 is 2.46 bits per heavy atom. The number of nitrogens with one attached hydrogen (secondary N) is 1. The molecule has 2 aromatic rings. The van der Waals surface area contributed by atoms with E-state index in [2.05, 4.69) is 5.32 Å². The van der Waals surface area contributed by atoms with E-state index < -0.39 is 0 Å². The van der Waals surface area contributed by atoms with Gasteiger partial charge in [0.25, 0.3) is 5.91 Å². The predicted octanol–water partition coefficient (Wildman–Crippen LogP) is 3.80. The summed E-state index contributed by atoms with van der Waals surface area (Å²) in [6.07, 6.45) is 6.22. The Morgan fingerprint density at radius 1 is 1.07 bits per heavy atom. The largest absolute Gasteiger partial charge is 0.354 e. The lowest BCUT2D eigenvalue weighted by molar-refractivity contribution is -0.128. The van der Waals surface area contributed by atoms with Crippen LogP contribution >= 0.6 is 24.0 Å². The van der Waals surface area contributed by atoms with Gasteiger partial charge in [-0.3, -0.25) is 14.5 Å². The molecule has 2 aromatic carbocycles. The Kier molecular flexibility index (Phi) is 7.17. The van der Waals surface area contributed by atoms with E-state index in [1.807, 2.05) is 72.8 Å². The molecular formula is C22H20N2O2S2. The zero-order chi connectivity index (χ0) is 19.8. The molecule has 0 radical (unpaired) electrons. The van der Waals surface area contributed by atoms with Crippen LogP contribution in [0.5, 0.6) is 0 Å². The van der Waals surface area contributed by atoms with Crippen molar-refractivity contribution in [2.45, 2.75) is 6.42 Å². The second-order valence-corrected chi connectivity index (χ2v) is 7.82. The van der Waals surface area contributed by atoms with Gasteiger partial charge in [-0.25, -0.2) is 0 Å². The minimum atomic E-state index is -0.231. The van der Waals surface area contributed by atoms with Crippen molar-refractivity contribution in [2.24, 2.45) is 0 Å². The first-order valence-corrected chi connectivity index (χ1v) is 10.1. The van der Waals surface area contributed by atoms with Crippen LogP contribution in [0.15, 0.2) is 77.7 Å². The highest BCUT2D eigenvalue weighted by atomic mass is 32.2. The van der Waals surface area contributed by atoms with E-state index in [0.717, 1.165) is 17.5 Å². The van der Waals surface area contributed by atoms with Crippen LogP contribution in [0.1, 0.15) is 11.1 Å². The lowest BCUT2D eigenvalue weighted by Crippen LogP contribution is -2.40. The summed E-state index contributed by atoms with van der Waals surface area (Å²) in [4.78, 5) is 26.6. The predicted molar refractivity (Wildman–Crippen MR) is 119 cm³/mol. The van der Waals surface area contributed by atoms with Crippen molar-refractivity contribution in [3.8, 4) is 0 Å². The molecule has 1 aliphatic rings. The monoisotopic (exact) mass is 408 g/mol. The number of benzene rings is 2. The Labute approximate surface area is 174 Å². The molecule has 142 valence electrons. The molecule has 0 saturated carbocycles. The van der Waals surface area contributed by atoms with Crippen molar-refractivity contribution in [1.82, 2.24) is 10.2 Å². The Morgan fingerprint density at radius 2 is 1.75 bits per heavy atom. The van der Waals surface area contributed by atoms with Gasteiger partial charge in [0.05, 0.1) is 4.91 Å².